The van der Waals surface area contributed by atoms with Crippen LogP contribution in [0, 0.1) is 6.92 Å². The highest BCUT2D eigenvalue weighted by Crippen LogP contribution is 2.05. The van der Waals surface area contributed by atoms with Gasteiger partial charge in [0.05, 0.1) is 5.56 Å². The molecule has 2 aromatic rings. The number of nitrogens with zero attached hydrogens (tertiary/aromatic N) is 1. The lowest BCUT2D eigenvalue weighted by atomic mass is 10.1. The van der Waals surface area contributed by atoms with Crippen molar-refractivity contribution in [1.29, 1.82) is 0 Å². The molecule has 0 saturated heterocycles. The van der Waals surface area contributed by atoms with E-state index in [1.807, 2.05) is 37.3 Å². The molecule has 0 aromatic heterocycles. The third-order valence-corrected chi connectivity index (χ3v) is 2.55. The van der Waals surface area contributed by atoms with Crippen LogP contribution in [0.4, 0.5) is 0 Å². The van der Waals surface area contributed by atoms with Gasteiger partial charge < -0.3 is 10.6 Å². The largest absolute Gasteiger partial charge is 0.380 e. The Morgan fingerprint density at radius 1 is 1.05 bits per heavy atom. The Labute approximate surface area is 111 Å². The van der Waals surface area contributed by atoms with Crippen molar-refractivity contribution in [2.24, 2.45) is 10.9 Å². The van der Waals surface area contributed by atoms with E-state index < -0.39 is 5.97 Å². The predicted molar refractivity (Wildman–Crippen MR) is 73.8 cm³/mol. The smallest absolute Gasteiger partial charge is 0.365 e. The van der Waals surface area contributed by atoms with Gasteiger partial charge in [-0.1, -0.05) is 47.1 Å². The van der Waals surface area contributed by atoms with Crippen molar-refractivity contribution < 1.29 is 9.63 Å². The molecular weight excluding hydrogens is 240 g/mol. The van der Waals surface area contributed by atoms with Crippen LogP contribution in [0.15, 0.2) is 59.8 Å². The summed E-state index contributed by atoms with van der Waals surface area (Å²) in [5.41, 5.74) is 7.98. The van der Waals surface area contributed by atoms with Crippen LogP contribution in [-0.4, -0.2) is 11.8 Å². The maximum Gasteiger partial charge on any atom is 0.365 e. The zero-order chi connectivity index (χ0) is 13.7. The fraction of sp³-hybridized carbons (Fsp3) is 0.0667. The number of rotatable bonds is 3. The zero-order valence-electron chi connectivity index (χ0n) is 10.5. The Kier molecular flexibility index (Phi) is 3.93. The molecule has 2 N–H and O–H groups in total. The standard InChI is InChI=1S/C15H14N2O2/c1-11-6-5-9-13(10-11)14(16)17-19-15(18)12-7-3-2-4-8-12/h2-10H,1H3,(H2,16,17). The number of hydrogen-bond donors (Lipinski definition) is 1. The van der Waals surface area contributed by atoms with E-state index in [2.05, 4.69) is 5.16 Å². The molecular formula is C15H14N2O2. The summed E-state index contributed by atoms with van der Waals surface area (Å²) < 4.78 is 0. The van der Waals surface area contributed by atoms with E-state index in [4.69, 9.17) is 10.6 Å². The molecule has 19 heavy (non-hydrogen) atoms. The first-order chi connectivity index (χ1) is 9.16. The van der Waals surface area contributed by atoms with E-state index in [1.165, 1.54) is 0 Å². The molecule has 96 valence electrons. The number of benzene rings is 2. The average molecular weight is 254 g/mol. The summed E-state index contributed by atoms with van der Waals surface area (Å²) in [7, 11) is 0. The Balaban J connectivity index is 2.09. The summed E-state index contributed by atoms with van der Waals surface area (Å²) in [6.45, 7) is 1.95. The minimum Gasteiger partial charge on any atom is -0.380 e. The fourth-order valence-electron chi connectivity index (χ4n) is 1.57. The van der Waals surface area contributed by atoms with Gasteiger partial charge in [0.2, 0.25) is 0 Å². The monoisotopic (exact) mass is 254 g/mol. The zero-order valence-corrected chi connectivity index (χ0v) is 10.5. The van der Waals surface area contributed by atoms with Crippen LogP contribution >= 0.6 is 0 Å². The number of hydrogen-bond acceptors (Lipinski definition) is 3. The highest BCUT2D eigenvalue weighted by molar-refractivity contribution is 5.98. The molecule has 0 aliphatic carbocycles. The summed E-state index contributed by atoms with van der Waals surface area (Å²) >= 11 is 0. The molecule has 0 radical (unpaired) electrons. The topological polar surface area (TPSA) is 64.7 Å². The van der Waals surface area contributed by atoms with Crippen LogP contribution in [0.3, 0.4) is 0 Å². The van der Waals surface area contributed by atoms with E-state index in [0.29, 0.717) is 5.56 Å². The summed E-state index contributed by atoms with van der Waals surface area (Å²) in [5, 5.41) is 3.66. The van der Waals surface area contributed by atoms with Crippen LogP contribution in [0.1, 0.15) is 21.5 Å². The lowest BCUT2D eigenvalue weighted by molar-refractivity contribution is 0.0516. The van der Waals surface area contributed by atoms with Crippen LogP contribution < -0.4 is 5.73 Å². The van der Waals surface area contributed by atoms with Gasteiger partial charge in [-0.25, -0.2) is 4.79 Å². The first-order valence-corrected chi connectivity index (χ1v) is 5.84. The normalized spacial score (nSPS) is 11.1. The quantitative estimate of drug-likeness (QED) is 0.396. The van der Waals surface area contributed by atoms with E-state index in [0.717, 1.165) is 11.1 Å². The van der Waals surface area contributed by atoms with E-state index in [9.17, 15) is 4.79 Å². The number of aryl methyl sites for hydroxylation is 1. The van der Waals surface area contributed by atoms with Gasteiger partial charge in [0.15, 0.2) is 5.84 Å². The molecule has 2 aromatic carbocycles. The summed E-state index contributed by atoms with van der Waals surface area (Å²) in [5.74, 6) is -0.357. The van der Waals surface area contributed by atoms with Gasteiger partial charge in [0.1, 0.15) is 0 Å². The third-order valence-electron chi connectivity index (χ3n) is 2.55. The van der Waals surface area contributed by atoms with Crippen molar-refractivity contribution in [3.05, 3.63) is 71.3 Å². The first-order valence-electron chi connectivity index (χ1n) is 5.84. The van der Waals surface area contributed by atoms with Crippen molar-refractivity contribution in [2.45, 2.75) is 6.92 Å². The second-order valence-corrected chi connectivity index (χ2v) is 4.09. The van der Waals surface area contributed by atoms with Crippen molar-refractivity contribution in [2.75, 3.05) is 0 Å². The van der Waals surface area contributed by atoms with Gasteiger partial charge in [0, 0.05) is 5.56 Å². The van der Waals surface area contributed by atoms with Gasteiger partial charge in [-0.2, -0.15) is 0 Å². The fourth-order valence-corrected chi connectivity index (χ4v) is 1.57. The van der Waals surface area contributed by atoms with Crippen molar-refractivity contribution >= 4 is 11.8 Å². The maximum atomic E-state index is 11.7. The van der Waals surface area contributed by atoms with Crippen LogP contribution in [0.2, 0.25) is 0 Å². The number of carbonyl (C=O) groups excluding carboxylic acids is 1. The van der Waals surface area contributed by atoms with Gasteiger partial charge in [-0.3, -0.25) is 0 Å². The molecule has 0 unspecified atom stereocenters. The number of amidine groups is 1. The molecule has 4 heteroatoms. The lowest BCUT2D eigenvalue weighted by Crippen LogP contribution is -2.15. The number of oxime groups is 1. The minimum absolute atomic E-state index is 0.174. The number of nitrogens with two attached hydrogens (primary N) is 1. The first kappa shape index (κ1) is 12.8. The molecule has 0 bridgehead atoms. The molecule has 0 fully saturated rings. The molecule has 4 nitrogen and oxygen atoms in total. The van der Waals surface area contributed by atoms with E-state index in [1.54, 1.807) is 24.3 Å². The van der Waals surface area contributed by atoms with E-state index >= 15 is 0 Å². The second kappa shape index (κ2) is 5.82. The third kappa shape index (κ3) is 3.42. The summed E-state index contributed by atoms with van der Waals surface area (Å²) in [6.07, 6.45) is 0. The molecule has 0 heterocycles. The van der Waals surface area contributed by atoms with Gasteiger partial charge >= 0.3 is 5.97 Å². The number of carbonyl (C=O) groups is 1. The van der Waals surface area contributed by atoms with Crippen molar-refractivity contribution in [3.8, 4) is 0 Å². The Bertz CT molecular complexity index is 607. The molecule has 0 aliphatic rings. The Morgan fingerprint density at radius 3 is 2.42 bits per heavy atom. The van der Waals surface area contributed by atoms with Crippen molar-refractivity contribution in [3.63, 3.8) is 0 Å². The molecule has 0 amide bonds. The summed E-state index contributed by atoms with van der Waals surface area (Å²) in [4.78, 5) is 16.5. The summed E-state index contributed by atoms with van der Waals surface area (Å²) in [6, 6.07) is 16.1. The molecule has 0 aliphatic heterocycles. The SMILES string of the molecule is Cc1cccc(/C(N)=N/OC(=O)c2ccccc2)c1. The lowest BCUT2D eigenvalue weighted by Gasteiger charge is -2.02. The van der Waals surface area contributed by atoms with Crippen LogP contribution in [0.5, 0.6) is 0 Å². The molecule has 0 atom stereocenters. The average Bonchev–Trinajstić information content (AvgIpc) is 2.45. The van der Waals surface area contributed by atoms with Crippen LogP contribution in [0.25, 0.3) is 0 Å². The highest BCUT2D eigenvalue weighted by Gasteiger charge is 2.06. The highest BCUT2D eigenvalue weighted by atomic mass is 16.7. The molecule has 0 saturated carbocycles. The Morgan fingerprint density at radius 2 is 1.74 bits per heavy atom. The van der Waals surface area contributed by atoms with Crippen molar-refractivity contribution in [1.82, 2.24) is 0 Å². The van der Waals surface area contributed by atoms with Crippen LogP contribution in [-0.2, 0) is 4.84 Å². The molecule has 0 spiro atoms. The minimum atomic E-state index is -0.531. The predicted octanol–water partition coefficient (Wildman–Crippen LogP) is 2.47. The Hall–Kier alpha value is -2.62. The van der Waals surface area contributed by atoms with E-state index in [-0.39, 0.29) is 5.84 Å². The maximum absolute atomic E-state index is 11.7. The van der Waals surface area contributed by atoms with Gasteiger partial charge in [-0.05, 0) is 25.1 Å². The molecule has 2 rings (SSSR count). The van der Waals surface area contributed by atoms with Gasteiger partial charge in [0.25, 0.3) is 0 Å². The second-order valence-electron chi connectivity index (χ2n) is 4.09. The van der Waals surface area contributed by atoms with Gasteiger partial charge in [-0.15, -0.1) is 0 Å².